The summed E-state index contributed by atoms with van der Waals surface area (Å²) in [6, 6.07) is 10.9. The van der Waals surface area contributed by atoms with Crippen LogP contribution in [-0.2, 0) is 0 Å². The fraction of sp³-hybridized carbons (Fsp3) is 0.240. The highest BCUT2D eigenvalue weighted by molar-refractivity contribution is 6.00. The van der Waals surface area contributed by atoms with Gasteiger partial charge in [-0.3, -0.25) is 9.59 Å². The number of para-hydroxylation sites is 1. The first-order valence-corrected chi connectivity index (χ1v) is 11.0. The lowest BCUT2D eigenvalue weighted by atomic mass is 9.82. The van der Waals surface area contributed by atoms with Crippen molar-refractivity contribution in [2.24, 2.45) is 0 Å². The molecule has 0 radical (unpaired) electrons. The smallest absolute Gasteiger partial charge is 0.255 e. The number of fused-ring (bicyclic) bond motifs is 2. The zero-order valence-corrected chi connectivity index (χ0v) is 17.8. The summed E-state index contributed by atoms with van der Waals surface area (Å²) in [7, 11) is 0. The second-order valence-electron chi connectivity index (χ2n) is 8.55. The van der Waals surface area contributed by atoms with E-state index in [4.69, 9.17) is 4.74 Å². The molecule has 1 spiro atoms. The predicted molar refractivity (Wildman–Crippen MR) is 120 cm³/mol. The van der Waals surface area contributed by atoms with Gasteiger partial charge in [0.1, 0.15) is 17.0 Å². The Bertz CT molecular complexity index is 1370. The van der Waals surface area contributed by atoms with Gasteiger partial charge < -0.3 is 14.0 Å². The van der Waals surface area contributed by atoms with Crippen LogP contribution in [0, 0.1) is 0 Å². The van der Waals surface area contributed by atoms with Crippen LogP contribution in [0.25, 0.3) is 17.0 Å². The van der Waals surface area contributed by atoms with Gasteiger partial charge in [-0.2, -0.15) is 0 Å². The van der Waals surface area contributed by atoms with Gasteiger partial charge in [-0.05, 0) is 24.3 Å². The van der Waals surface area contributed by atoms with E-state index in [0.29, 0.717) is 66.3 Å². The minimum Gasteiger partial charge on any atom is -0.486 e. The number of Topliss-reactive ketones (excluding diaryl/α,β-unsaturated/α-hetero) is 1. The van der Waals surface area contributed by atoms with Crippen molar-refractivity contribution in [1.82, 2.24) is 24.3 Å². The highest BCUT2D eigenvalue weighted by atomic mass is 16.5. The topological polar surface area (TPSA) is 89.7 Å². The zero-order valence-electron chi connectivity index (χ0n) is 17.8. The predicted octanol–water partition coefficient (Wildman–Crippen LogP) is 3.43. The molecule has 164 valence electrons. The maximum absolute atomic E-state index is 13.4. The Morgan fingerprint density at radius 2 is 1.76 bits per heavy atom. The van der Waals surface area contributed by atoms with Crippen LogP contribution in [0.4, 0.5) is 0 Å². The van der Waals surface area contributed by atoms with Crippen molar-refractivity contribution in [1.29, 1.82) is 0 Å². The number of carbonyl (C=O) groups is 2. The molecule has 1 aromatic carbocycles. The molecule has 1 fully saturated rings. The van der Waals surface area contributed by atoms with Gasteiger partial charge >= 0.3 is 0 Å². The molecule has 2 aliphatic heterocycles. The highest BCUT2D eigenvalue weighted by Gasteiger charge is 2.43. The van der Waals surface area contributed by atoms with Gasteiger partial charge in [-0.1, -0.05) is 12.1 Å². The third-order valence-corrected chi connectivity index (χ3v) is 6.50. The molecule has 33 heavy (non-hydrogen) atoms. The van der Waals surface area contributed by atoms with E-state index in [9.17, 15) is 9.59 Å². The van der Waals surface area contributed by atoms with Gasteiger partial charge in [0.2, 0.25) is 0 Å². The monoisotopic (exact) mass is 439 g/mol. The number of nitrogens with zero attached hydrogens (tertiary/aromatic N) is 5. The summed E-state index contributed by atoms with van der Waals surface area (Å²) in [5.41, 5.74) is 2.05. The van der Waals surface area contributed by atoms with E-state index >= 15 is 0 Å². The molecule has 1 amide bonds. The molecule has 0 unspecified atom stereocenters. The van der Waals surface area contributed by atoms with E-state index < -0.39 is 5.60 Å². The lowest BCUT2D eigenvalue weighted by Gasteiger charge is -2.44. The number of benzene rings is 1. The standard InChI is InChI=1S/C25H21N5O3/c31-20-15-25(33-21-5-2-1-4-18(20)21)6-11-29(12-7-25)24(32)17-14-19(22-26-8-3-9-27-22)23-28-10-13-30(23)16-17/h1-5,8-10,13-14,16H,6-7,11-12,15H2. The molecule has 4 aromatic rings. The van der Waals surface area contributed by atoms with Crippen molar-refractivity contribution < 1.29 is 14.3 Å². The number of imidazole rings is 1. The number of hydrogen-bond acceptors (Lipinski definition) is 6. The normalized spacial score (nSPS) is 17.1. The number of rotatable bonds is 2. The molecule has 3 aromatic heterocycles. The molecule has 2 aliphatic rings. The van der Waals surface area contributed by atoms with Crippen LogP contribution in [0.1, 0.15) is 40.0 Å². The lowest BCUT2D eigenvalue weighted by molar-refractivity contribution is -0.00571. The third-order valence-electron chi connectivity index (χ3n) is 6.50. The van der Waals surface area contributed by atoms with Crippen molar-refractivity contribution in [3.05, 3.63) is 78.5 Å². The maximum Gasteiger partial charge on any atom is 0.255 e. The second-order valence-corrected chi connectivity index (χ2v) is 8.55. The van der Waals surface area contributed by atoms with Crippen molar-refractivity contribution in [3.8, 4) is 17.1 Å². The molecule has 0 saturated carbocycles. The van der Waals surface area contributed by atoms with Crippen LogP contribution in [-0.4, -0.2) is 54.6 Å². The molecule has 0 N–H and O–H groups in total. The van der Waals surface area contributed by atoms with Gasteiger partial charge in [0.15, 0.2) is 11.6 Å². The van der Waals surface area contributed by atoms with Crippen molar-refractivity contribution in [3.63, 3.8) is 0 Å². The SMILES string of the molecule is O=C1CC2(CCN(C(=O)c3cc(-c4ncccn4)c4nccn4c3)CC2)Oc2ccccc21. The number of ether oxygens (including phenoxy) is 1. The van der Waals surface area contributed by atoms with E-state index in [1.165, 1.54) is 0 Å². The fourth-order valence-electron chi connectivity index (χ4n) is 4.77. The van der Waals surface area contributed by atoms with Gasteiger partial charge in [-0.15, -0.1) is 0 Å². The molecule has 6 rings (SSSR count). The molecule has 8 nitrogen and oxygen atoms in total. The number of carbonyl (C=O) groups excluding carboxylic acids is 2. The van der Waals surface area contributed by atoms with Crippen LogP contribution in [0.15, 0.2) is 67.4 Å². The van der Waals surface area contributed by atoms with E-state index in [2.05, 4.69) is 15.0 Å². The average molecular weight is 439 g/mol. The molecule has 5 heterocycles. The lowest BCUT2D eigenvalue weighted by Crippen LogP contribution is -2.52. The van der Waals surface area contributed by atoms with E-state index in [1.54, 1.807) is 36.9 Å². The van der Waals surface area contributed by atoms with Crippen LogP contribution in [0.2, 0.25) is 0 Å². The minimum atomic E-state index is -0.542. The summed E-state index contributed by atoms with van der Waals surface area (Å²) in [4.78, 5) is 41.0. The Morgan fingerprint density at radius 3 is 2.58 bits per heavy atom. The first-order chi connectivity index (χ1) is 16.1. The maximum atomic E-state index is 13.4. The van der Waals surface area contributed by atoms with Gasteiger partial charge in [-0.25, -0.2) is 15.0 Å². The number of hydrogen-bond donors (Lipinski definition) is 0. The van der Waals surface area contributed by atoms with E-state index in [1.807, 2.05) is 39.8 Å². The molecule has 0 atom stereocenters. The number of aromatic nitrogens is 4. The Morgan fingerprint density at radius 1 is 0.970 bits per heavy atom. The first-order valence-electron chi connectivity index (χ1n) is 11.0. The van der Waals surface area contributed by atoms with Crippen LogP contribution in [0.5, 0.6) is 5.75 Å². The molecule has 1 saturated heterocycles. The minimum absolute atomic E-state index is 0.0693. The third kappa shape index (κ3) is 3.34. The van der Waals surface area contributed by atoms with E-state index in [0.717, 1.165) is 0 Å². The van der Waals surface area contributed by atoms with Gasteiger partial charge in [0.05, 0.1) is 23.1 Å². The first kappa shape index (κ1) is 19.6. The number of piperidine rings is 1. The van der Waals surface area contributed by atoms with Crippen LogP contribution in [0.3, 0.4) is 0 Å². The van der Waals surface area contributed by atoms with Crippen LogP contribution < -0.4 is 4.74 Å². The van der Waals surface area contributed by atoms with Crippen LogP contribution >= 0.6 is 0 Å². The number of ketones is 1. The Hall–Kier alpha value is -4.07. The summed E-state index contributed by atoms with van der Waals surface area (Å²) in [5, 5.41) is 0. The van der Waals surface area contributed by atoms with Crippen molar-refractivity contribution in [2.45, 2.75) is 24.9 Å². The number of pyridine rings is 1. The molecule has 8 heteroatoms. The van der Waals surface area contributed by atoms with Gasteiger partial charge in [0.25, 0.3) is 5.91 Å². The molecular formula is C25H21N5O3. The number of likely N-dealkylation sites (tertiary alicyclic amines) is 1. The molecule has 0 bridgehead atoms. The largest absolute Gasteiger partial charge is 0.486 e. The molecule has 0 aliphatic carbocycles. The Kier molecular flexibility index (Phi) is 4.46. The Labute approximate surface area is 189 Å². The summed E-state index contributed by atoms with van der Waals surface area (Å²) in [5.74, 6) is 1.20. The van der Waals surface area contributed by atoms with Gasteiger partial charge in [0, 0.05) is 56.9 Å². The highest BCUT2D eigenvalue weighted by Crippen LogP contribution is 2.39. The summed E-state index contributed by atoms with van der Waals surface area (Å²) >= 11 is 0. The van der Waals surface area contributed by atoms with Crippen molar-refractivity contribution >= 4 is 17.3 Å². The Balaban J connectivity index is 1.25. The zero-order chi connectivity index (χ0) is 22.4. The summed E-state index contributed by atoms with van der Waals surface area (Å²) < 4.78 is 8.12. The second kappa shape index (κ2) is 7.51. The van der Waals surface area contributed by atoms with Crippen molar-refractivity contribution in [2.75, 3.05) is 13.1 Å². The van der Waals surface area contributed by atoms with E-state index in [-0.39, 0.29) is 11.7 Å². The summed E-state index contributed by atoms with van der Waals surface area (Å²) in [6.45, 7) is 1.04. The average Bonchev–Trinajstić information content (AvgIpc) is 3.33. The quantitative estimate of drug-likeness (QED) is 0.475. The number of amides is 1. The molecular weight excluding hydrogens is 418 g/mol. The fourth-order valence-corrected chi connectivity index (χ4v) is 4.77. The summed E-state index contributed by atoms with van der Waals surface area (Å²) in [6.07, 6.45) is 10.2.